The smallest absolute Gasteiger partial charge is 0.669 e. The van der Waals surface area contributed by atoms with Gasteiger partial charge >= 0.3 is 84.6 Å². The van der Waals surface area contributed by atoms with Crippen LogP contribution in [0.15, 0.2) is 24.3 Å². The minimum Gasteiger partial charge on any atom is -0.669 e. The van der Waals surface area contributed by atoms with E-state index in [1.807, 2.05) is 14.1 Å². The van der Waals surface area contributed by atoms with Gasteiger partial charge < -0.3 is 58.9 Å². The molecule has 6 N–H and O–H groups in total. The van der Waals surface area contributed by atoms with Crippen molar-refractivity contribution in [2.75, 3.05) is 53.4 Å². The van der Waals surface area contributed by atoms with Gasteiger partial charge in [-0.15, -0.1) is 0 Å². The molecule has 0 saturated carbocycles. The molecule has 2 aromatic rings. The summed E-state index contributed by atoms with van der Waals surface area (Å²) in [6.45, 7) is -2.73. The second-order valence-corrected chi connectivity index (χ2v) is 15.7. The molecule has 0 bridgehead atoms. The number of rotatable bonds is 8. The fourth-order valence-corrected chi connectivity index (χ4v) is 8.27. The molecule has 8 rings (SSSR count). The van der Waals surface area contributed by atoms with Crippen LogP contribution in [0.4, 0.5) is 0 Å². The second kappa shape index (κ2) is 18.6. The molecular formula is C36H48B2N4Na2O14. The molecule has 6 heterocycles. The maximum Gasteiger partial charge on any atom is 1.00 e. The number of likely N-dealkylation sites (N-methyl/N-ethyl adjacent to an activating group) is 2. The fourth-order valence-electron chi connectivity index (χ4n) is 8.27. The summed E-state index contributed by atoms with van der Waals surface area (Å²) < 4.78 is 22.0. The van der Waals surface area contributed by atoms with E-state index in [-0.39, 0.29) is 142 Å². The zero-order valence-electron chi connectivity index (χ0n) is 33.4. The van der Waals surface area contributed by atoms with Gasteiger partial charge in [-0.25, -0.2) is 9.59 Å². The van der Waals surface area contributed by atoms with E-state index in [0.29, 0.717) is 50.1 Å². The van der Waals surface area contributed by atoms with Crippen molar-refractivity contribution in [2.45, 2.75) is 75.5 Å². The summed E-state index contributed by atoms with van der Waals surface area (Å²) in [6, 6.07) is 6.31. The van der Waals surface area contributed by atoms with Gasteiger partial charge in [-0.2, -0.15) is 0 Å². The van der Waals surface area contributed by atoms with Crippen LogP contribution in [0.25, 0.3) is 0 Å². The van der Waals surface area contributed by atoms with E-state index in [2.05, 4.69) is 9.80 Å². The number of likely N-dealkylation sites (tertiary alicyclic amines) is 4. The molecule has 22 heteroatoms. The van der Waals surface area contributed by atoms with Crippen LogP contribution >= 0.6 is 0 Å². The Labute approximate surface area is 379 Å². The van der Waals surface area contributed by atoms with Crippen molar-refractivity contribution in [1.29, 1.82) is 0 Å². The molecule has 2 atom stereocenters. The van der Waals surface area contributed by atoms with Gasteiger partial charge in [-0.3, -0.25) is 19.4 Å². The number of carbonyl (C=O) groups excluding carboxylic acids is 2. The molecule has 0 aromatic heterocycles. The third-order valence-corrected chi connectivity index (χ3v) is 11.5. The van der Waals surface area contributed by atoms with Crippen LogP contribution in [0.2, 0.25) is 12.6 Å². The molecule has 4 saturated heterocycles. The maximum atomic E-state index is 12.5. The zero-order chi connectivity index (χ0) is 40.1. The molecule has 0 aliphatic carbocycles. The maximum absolute atomic E-state index is 12.5. The average Bonchev–Trinajstić information content (AvgIpc) is 3.73. The summed E-state index contributed by atoms with van der Waals surface area (Å²) in [4.78, 5) is 56.2. The van der Waals surface area contributed by atoms with Gasteiger partial charge in [0.05, 0.1) is 49.8 Å². The first-order chi connectivity index (χ1) is 26.5. The summed E-state index contributed by atoms with van der Waals surface area (Å²) in [5.41, 5.74) is 0.763. The van der Waals surface area contributed by atoms with Gasteiger partial charge in [0.2, 0.25) is 11.8 Å². The Bertz CT molecular complexity index is 1760. The average molecular weight is 828 g/mol. The van der Waals surface area contributed by atoms with Gasteiger partial charge in [-0.1, -0.05) is 24.8 Å². The minimum atomic E-state index is -3.08. The molecule has 0 radical (unpaired) electrons. The van der Waals surface area contributed by atoms with E-state index in [4.69, 9.17) is 18.8 Å². The number of nitrogens with zero attached hydrogens (tertiary/aromatic N) is 4. The molecule has 2 aromatic carbocycles. The minimum absolute atomic E-state index is 0. The van der Waals surface area contributed by atoms with Gasteiger partial charge in [-0.05, 0) is 89.0 Å². The molecule has 0 spiro atoms. The third kappa shape index (κ3) is 9.95. The number of benzene rings is 2. The van der Waals surface area contributed by atoms with E-state index in [0.717, 1.165) is 38.8 Å². The van der Waals surface area contributed by atoms with Crippen LogP contribution in [0.3, 0.4) is 0 Å². The van der Waals surface area contributed by atoms with E-state index < -0.39 is 25.4 Å². The first-order valence-corrected chi connectivity index (χ1v) is 19.2. The van der Waals surface area contributed by atoms with Crippen molar-refractivity contribution in [3.8, 4) is 23.0 Å². The predicted octanol–water partition coefficient (Wildman–Crippen LogP) is -6.14. The Balaban J connectivity index is 0.000000214. The Hall–Kier alpha value is -2.59. The third-order valence-electron chi connectivity index (χ3n) is 11.5. The first-order valence-electron chi connectivity index (χ1n) is 19.2. The van der Waals surface area contributed by atoms with Crippen molar-refractivity contribution in [3.63, 3.8) is 0 Å². The molecule has 6 aliphatic heterocycles. The van der Waals surface area contributed by atoms with Gasteiger partial charge in [0, 0.05) is 0 Å². The van der Waals surface area contributed by atoms with Gasteiger partial charge in [0.15, 0.2) is 0 Å². The molecule has 6 aliphatic rings. The van der Waals surface area contributed by atoms with Crippen molar-refractivity contribution >= 4 is 37.3 Å². The van der Waals surface area contributed by atoms with Gasteiger partial charge in [0.25, 0.3) is 0 Å². The molecule has 2 amide bonds. The quantitative estimate of drug-likeness (QED) is 0.136. The molecule has 58 heavy (non-hydrogen) atoms. The Morgan fingerprint density at radius 2 is 1.00 bits per heavy atom. The largest absolute Gasteiger partial charge is 1.00 e. The van der Waals surface area contributed by atoms with E-state index in [1.165, 1.54) is 0 Å². The Morgan fingerprint density at radius 3 is 1.31 bits per heavy atom. The summed E-state index contributed by atoms with van der Waals surface area (Å²) in [6.07, 6.45) is 3.76. The number of aryl methyl sites for hydroxylation is 2. The number of fused-ring (bicyclic) bond motifs is 2. The number of ether oxygens (including phenoxy) is 2. The Morgan fingerprint density at radius 1 is 0.638 bits per heavy atom. The van der Waals surface area contributed by atoms with Gasteiger partial charge in [0.1, 0.15) is 34.8 Å². The van der Waals surface area contributed by atoms with Crippen LogP contribution in [0.5, 0.6) is 23.0 Å². The van der Waals surface area contributed by atoms with Crippen molar-refractivity contribution in [1.82, 2.24) is 19.6 Å². The van der Waals surface area contributed by atoms with Crippen LogP contribution in [-0.4, -0.2) is 165 Å². The molecule has 0 unspecified atom stereocenters. The van der Waals surface area contributed by atoms with Crippen LogP contribution in [0, 0.1) is 0 Å². The summed E-state index contributed by atoms with van der Waals surface area (Å²) in [5.74, 6) is -2.26. The van der Waals surface area contributed by atoms with E-state index in [9.17, 15) is 49.5 Å². The number of hydrogen-bond donors (Lipinski definition) is 6. The number of hydrogen-bond acceptors (Lipinski definition) is 14. The Kier molecular flexibility index (Phi) is 14.9. The topological polar surface area (TPSA) is 240 Å². The first kappa shape index (κ1) is 46.5. The standard InChI is InChI=1S/2C18H24BN2O7.2Na/c2*1-20-8-2-3-13(20)17(22)21-9-12(10-21)27-14-5-4-11-6-7-19(25,26)28-16(11)15(14)18(23)24;;/h2*4-5,12-13,25-26H,2-3,6-10H2,1H3,(H,23,24);;/q2*-1;2*+1/t2*13-;;/m00../s1. The van der Waals surface area contributed by atoms with Crippen molar-refractivity contribution in [3.05, 3.63) is 46.5 Å². The van der Waals surface area contributed by atoms with Crippen LogP contribution < -0.4 is 77.9 Å². The zero-order valence-corrected chi connectivity index (χ0v) is 37.4. The molecule has 4 fully saturated rings. The van der Waals surface area contributed by atoms with E-state index >= 15 is 0 Å². The fraction of sp³-hybridized carbons (Fsp3) is 0.556. The predicted molar refractivity (Wildman–Crippen MR) is 199 cm³/mol. The summed E-state index contributed by atoms with van der Waals surface area (Å²) in [7, 11) is 3.89. The monoisotopic (exact) mass is 828 g/mol. The van der Waals surface area contributed by atoms with Crippen molar-refractivity contribution < 1.29 is 127 Å². The number of carboxylic acids is 2. The molecule has 304 valence electrons. The van der Waals surface area contributed by atoms with Crippen molar-refractivity contribution in [2.24, 2.45) is 0 Å². The number of carboxylic acid groups (broad SMARTS) is 2. The molecular weight excluding hydrogens is 780 g/mol. The van der Waals surface area contributed by atoms with E-state index in [1.54, 1.807) is 34.1 Å². The summed E-state index contributed by atoms with van der Waals surface area (Å²) >= 11 is 0. The second-order valence-electron chi connectivity index (χ2n) is 15.7. The number of carbonyl (C=O) groups is 4. The number of amides is 2. The number of aromatic carboxylic acids is 2. The van der Waals surface area contributed by atoms with Crippen LogP contribution in [0.1, 0.15) is 57.5 Å². The molecule has 18 nitrogen and oxygen atoms in total. The normalized spacial score (nSPS) is 23.4. The SMILES string of the molecule is CN1CCC[C@H]1C(=O)N1CC(Oc2ccc3c(c2C(=O)O)O[B-](O)(O)CC3)C1.CN1CCC[C@H]1C(=O)N1CC(Oc2ccc3c(c2C(=O)O)O[B-](O)(O)CC3)C1.[Na+].[Na+]. The van der Waals surface area contributed by atoms with Crippen LogP contribution in [-0.2, 0) is 22.4 Å². The summed E-state index contributed by atoms with van der Waals surface area (Å²) in [5, 5.41) is 58.4.